The maximum absolute atomic E-state index is 11.7. The molecule has 1 atom stereocenters. The highest BCUT2D eigenvalue weighted by Gasteiger charge is 2.13. The molecule has 0 saturated carbocycles. The fourth-order valence-corrected chi connectivity index (χ4v) is 2.42. The normalized spacial score (nSPS) is 12.8. The van der Waals surface area contributed by atoms with E-state index >= 15 is 0 Å². The quantitative estimate of drug-likeness (QED) is 0.846. The van der Waals surface area contributed by atoms with Crippen LogP contribution in [0, 0.1) is 12.8 Å². The lowest BCUT2D eigenvalue weighted by Gasteiger charge is -2.12. The van der Waals surface area contributed by atoms with E-state index in [0.717, 1.165) is 6.42 Å². The maximum Gasteiger partial charge on any atom is 0.254 e. The number of alkyl halides is 1. The summed E-state index contributed by atoms with van der Waals surface area (Å²) < 4.78 is 5.08. The minimum Gasteiger partial charge on any atom is -0.469 e. The van der Waals surface area contributed by atoms with E-state index in [0.29, 0.717) is 28.6 Å². The smallest absolute Gasteiger partial charge is 0.254 e. The van der Waals surface area contributed by atoms with E-state index in [4.69, 9.17) is 4.42 Å². The summed E-state index contributed by atoms with van der Waals surface area (Å²) in [5.41, 5.74) is 0.615. The Morgan fingerprint density at radius 3 is 2.75 bits per heavy atom. The highest BCUT2D eigenvalue weighted by Crippen LogP contribution is 2.12. The number of carbonyl (C=O) groups excluding carboxylic acids is 1. The number of aryl methyl sites for hydroxylation is 1. The molecule has 16 heavy (non-hydrogen) atoms. The van der Waals surface area contributed by atoms with Crippen molar-refractivity contribution in [1.82, 2.24) is 5.32 Å². The summed E-state index contributed by atoms with van der Waals surface area (Å²) >= 11 is 3.55. The number of nitrogens with one attached hydrogen (secondary N) is 1. The summed E-state index contributed by atoms with van der Waals surface area (Å²) in [7, 11) is 0. The van der Waals surface area contributed by atoms with Crippen molar-refractivity contribution in [2.45, 2.75) is 32.0 Å². The van der Waals surface area contributed by atoms with E-state index in [9.17, 15) is 4.79 Å². The molecule has 1 heterocycles. The van der Waals surface area contributed by atoms with E-state index < -0.39 is 0 Å². The third kappa shape index (κ3) is 4.00. The van der Waals surface area contributed by atoms with Crippen molar-refractivity contribution in [3.8, 4) is 0 Å². The number of carbonyl (C=O) groups is 1. The molecule has 0 aliphatic carbocycles. The van der Waals surface area contributed by atoms with Gasteiger partial charge in [-0.2, -0.15) is 0 Å². The summed E-state index contributed by atoms with van der Waals surface area (Å²) in [5.74, 6) is 1.21. The standard InChI is InChI=1S/C12H18BrNO2/c1-8(2)6-10(13)7-14-12(15)11-4-5-16-9(11)3/h4-5,8,10H,6-7H2,1-3H3,(H,14,15). The van der Waals surface area contributed by atoms with Gasteiger partial charge in [0, 0.05) is 11.4 Å². The molecular formula is C12H18BrNO2. The van der Waals surface area contributed by atoms with Crippen molar-refractivity contribution >= 4 is 21.8 Å². The molecule has 0 aliphatic rings. The third-order valence-corrected chi connectivity index (χ3v) is 3.01. The molecule has 1 rings (SSSR count). The second kappa shape index (κ2) is 6.09. The molecule has 3 nitrogen and oxygen atoms in total. The Morgan fingerprint density at radius 1 is 1.56 bits per heavy atom. The van der Waals surface area contributed by atoms with Gasteiger partial charge in [0.1, 0.15) is 5.76 Å². The first-order valence-electron chi connectivity index (χ1n) is 5.47. The van der Waals surface area contributed by atoms with Gasteiger partial charge in [0.15, 0.2) is 0 Å². The van der Waals surface area contributed by atoms with Gasteiger partial charge in [-0.05, 0) is 25.3 Å². The van der Waals surface area contributed by atoms with Crippen molar-refractivity contribution < 1.29 is 9.21 Å². The molecule has 0 saturated heterocycles. The zero-order valence-electron chi connectivity index (χ0n) is 9.92. The van der Waals surface area contributed by atoms with Crippen LogP contribution in [0.15, 0.2) is 16.7 Å². The Hall–Kier alpha value is -0.770. The monoisotopic (exact) mass is 287 g/mol. The Balaban J connectivity index is 2.39. The Kier molecular flexibility index (Phi) is 5.06. The van der Waals surface area contributed by atoms with Crippen LogP contribution in [0.25, 0.3) is 0 Å². The van der Waals surface area contributed by atoms with Crippen LogP contribution >= 0.6 is 15.9 Å². The van der Waals surface area contributed by atoms with Crippen LogP contribution in [0.4, 0.5) is 0 Å². The summed E-state index contributed by atoms with van der Waals surface area (Å²) in [4.78, 5) is 12.0. The number of hydrogen-bond donors (Lipinski definition) is 1. The molecule has 1 aromatic rings. The summed E-state index contributed by atoms with van der Waals surface area (Å²) in [6.07, 6.45) is 2.58. The van der Waals surface area contributed by atoms with E-state index in [1.54, 1.807) is 13.0 Å². The SMILES string of the molecule is Cc1occc1C(=O)NCC(Br)CC(C)C. The highest BCUT2D eigenvalue weighted by atomic mass is 79.9. The topological polar surface area (TPSA) is 42.2 Å². The van der Waals surface area contributed by atoms with Crippen LogP contribution in [-0.2, 0) is 0 Å². The lowest BCUT2D eigenvalue weighted by molar-refractivity contribution is 0.0952. The second-order valence-corrected chi connectivity index (χ2v) is 5.62. The van der Waals surface area contributed by atoms with Crippen LogP contribution in [0.5, 0.6) is 0 Å². The Bertz CT molecular complexity index is 347. The van der Waals surface area contributed by atoms with Crippen molar-refractivity contribution in [2.24, 2.45) is 5.92 Å². The van der Waals surface area contributed by atoms with Gasteiger partial charge in [-0.25, -0.2) is 0 Å². The first kappa shape index (κ1) is 13.3. The minimum atomic E-state index is -0.0699. The largest absolute Gasteiger partial charge is 0.469 e. The summed E-state index contributed by atoms with van der Waals surface area (Å²) in [6, 6.07) is 1.69. The van der Waals surface area contributed by atoms with Gasteiger partial charge in [0.2, 0.25) is 0 Å². The molecule has 0 aliphatic heterocycles. The Labute approximate surface area is 105 Å². The van der Waals surface area contributed by atoms with Gasteiger partial charge in [-0.15, -0.1) is 0 Å². The molecule has 4 heteroatoms. The first-order valence-corrected chi connectivity index (χ1v) is 6.38. The van der Waals surface area contributed by atoms with Crippen LogP contribution in [0.1, 0.15) is 36.4 Å². The lowest BCUT2D eigenvalue weighted by Crippen LogP contribution is -2.30. The molecule has 90 valence electrons. The average Bonchev–Trinajstić information content (AvgIpc) is 2.60. The van der Waals surface area contributed by atoms with Crippen LogP contribution in [-0.4, -0.2) is 17.3 Å². The van der Waals surface area contributed by atoms with Crippen molar-refractivity contribution in [1.29, 1.82) is 0 Å². The van der Waals surface area contributed by atoms with E-state index in [1.165, 1.54) is 6.26 Å². The molecule has 0 aromatic carbocycles. The van der Waals surface area contributed by atoms with Crippen LogP contribution < -0.4 is 5.32 Å². The van der Waals surface area contributed by atoms with Crippen molar-refractivity contribution in [3.05, 3.63) is 23.7 Å². The molecule has 1 aromatic heterocycles. The van der Waals surface area contributed by atoms with Gasteiger partial charge in [0.05, 0.1) is 11.8 Å². The fraction of sp³-hybridized carbons (Fsp3) is 0.583. The summed E-state index contributed by atoms with van der Waals surface area (Å²) in [6.45, 7) is 6.75. The van der Waals surface area contributed by atoms with Gasteiger partial charge in [0.25, 0.3) is 5.91 Å². The number of amides is 1. The predicted molar refractivity (Wildman–Crippen MR) is 67.9 cm³/mol. The average molecular weight is 288 g/mol. The fourth-order valence-electron chi connectivity index (χ4n) is 1.51. The molecule has 0 fully saturated rings. The van der Waals surface area contributed by atoms with E-state index in [1.807, 2.05) is 0 Å². The minimum absolute atomic E-state index is 0.0699. The first-order chi connectivity index (χ1) is 7.50. The zero-order valence-corrected chi connectivity index (χ0v) is 11.5. The number of furan rings is 1. The van der Waals surface area contributed by atoms with E-state index in [2.05, 4.69) is 35.1 Å². The second-order valence-electron chi connectivity index (χ2n) is 4.33. The lowest BCUT2D eigenvalue weighted by atomic mass is 10.1. The molecule has 0 bridgehead atoms. The van der Waals surface area contributed by atoms with E-state index in [-0.39, 0.29) is 5.91 Å². The molecule has 1 N–H and O–H groups in total. The van der Waals surface area contributed by atoms with Gasteiger partial charge >= 0.3 is 0 Å². The number of halogens is 1. The third-order valence-electron chi connectivity index (χ3n) is 2.31. The summed E-state index contributed by atoms with van der Waals surface area (Å²) in [5, 5.41) is 2.89. The van der Waals surface area contributed by atoms with Gasteiger partial charge in [-0.3, -0.25) is 4.79 Å². The van der Waals surface area contributed by atoms with Crippen LogP contribution in [0.2, 0.25) is 0 Å². The Morgan fingerprint density at radius 2 is 2.25 bits per heavy atom. The van der Waals surface area contributed by atoms with Crippen molar-refractivity contribution in [2.75, 3.05) is 6.54 Å². The molecule has 0 spiro atoms. The maximum atomic E-state index is 11.7. The molecule has 1 unspecified atom stereocenters. The predicted octanol–water partition coefficient (Wildman–Crippen LogP) is 3.13. The van der Waals surface area contributed by atoms with Gasteiger partial charge in [-0.1, -0.05) is 29.8 Å². The highest BCUT2D eigenvalue weighted by molar-refractivity contribution is 9.09. The molecule has 0 radical (unpaired) electrons. The molecule has 1 amide bonds. The number of hydrogen-bond acceptors (Lipinski definition) is 2. The van der Waals surface area contributed by atoms with Crippen LogP contribution in [0.3, 0.4) is 0 Å². The number of rotatable bonds is 5. The van der Waals surface area contributed by atoms with Gasteiger partial charge < -0.3 is 9.73 Å². The molecular weight excluding hydrogens is 270 g/mol. The van der Waals surface area contributed by atoms with Crippen molar-refractivity contribution in [3.63, 3.8) is 0 Å². The zero-order chi connectivity index (χ0) is 12.1.